The molecule has 0 radical (unpaired) electrons. The minimum absolute atomic E-state index is 0.201. The number of hydrogen-bond acceptors (Lipinski definition) is 6. The molecule has 2 N–H and O–H groups in total. The van der Waals surface area contributed by atoms with E-state index < -0.39 is 29.7 Å². The third kappa shape index (κ3) is 4.19. The van der Waals surface area contributed by atoms with Crippen molar-refractivity contribution < 1.29 is 32.6 Å². The van der Waals surface area contributed by atoms with Gasteiger partial charge in [0.1, 0.15) is 24.9 Å². The molecular weight excluding hydrogens is 494 g/mol. The van der Waals surface area contributed by atoms with Crippen molar-refractivity contribution in [1.29, 1.82) is 0 Å². The number of aliphatic hydroxyl groups excluding tert-OH is 1. The van der Waals surface area contributed by atoms with Gasteiger partial charge in [0, 0.05) is 29.5 Å². The minimum Gasteiger partial charge on any atom is -0.486 e. The Bertz CT molecular complexity index is 1310. The Kier molecular flexibility index (Phi) is 5.81. The summed E-state index contributed by atoms with van der Waals surface area (Å²) in [6.45, 7) is 1.87. The summed E-state index contributed by atoms with van der Waals surface area (Å²) in [4.78, 5) is 15.1. The second kappa shape index (κ2) is 8.90. The van der Waals surface area contributed by atoms with Crippen molar-refractivity contribution in [2.24, 2.45) is 5.92 Å². The number of fused-ring (bicyclic) bond motifs is 3. The van der Waals surface area contributed by atoms with E-state index in [1.54, 1.807) is 18.2 Å². The van der Waals surface area contributed by atoms with E-state index in [1.807, 2.05) is 0 Å². The molecular formula is C26H25ClF2N2O5. The van der Waals surface area contributed by atoms with Gasteiger partial charge in [-0.15, -0.1) is 0 Å². The first kappa shape index (κ1) is 23.5. The summed E-state index contributed by atoms with van der Waals surface area (Å²) in [5, 5.41) is 14.4. The van der Waals surface area contributed by atoms with E-state index in [4.69, 9.17) is 25.5 Å². The molecule has 0 unspecified atom stereocenters. The zero-order chi connectivity index (χ0) is 25.0. The molecule has 0 spiro atoms. The number of nitrogens with zero attached hydrogens (tertiary/aromatic N) is 1. The van der Waals surface area contributed by atoms with Crippen LogP contribution in [0, 0.1) is 5.92 Å². The fourth-order valence-electron chi connectivity index (χ4n) is 5.35. The van der Waals surface area contributed by atoms with Gasteiger partial charge in [-0.3, -0.25) is 9.69 Å². The average Bonchev–Trinajstić information content (AvgIpc) is 3.56. The van der Waals surface area contributed by atoms with Crippen LogP contribution in [0.25, 0.3) is 11.0 Å². The normalized spacial score (nSPS) is 22.8. The molecule has 2 aromatic carbocycles. The maximum atomic E-state index is 15.3. The molecule has 1 amide bonds. The Hall–Kier alpha value is -2.88. The van der Waals surface area contributed by atoms with Gasteiger partial charge in [-0.2, -0.15) is 8.78 Å². The van der Waals surface area contributed by atoms with Crippen LogP contribution in [0.5, 0.6) is 11.5 Å². The molecule has 10 heteroatoms. The molecule has 3 fully saturated rings. The van der Waals surface area contributed by atoms with Gasteiger partial charge in [0.15, 0.2) is 17.3 Å². The lowest BCUT2D eigenvalue weighted by atomic mass is 9.86. The molecule has 36 heavy (non-hydrogen) atoms. The maximum Gasteiger partial charge on any atom is 0.380 e. The highest BCUT2D eigenvalue weighted by atomic mass is 35.5. The SMILES string of the molecule is O=C(N[C@H](CN1CC2CC1C2)[C@H](O)c1ccc2c(c1)OCCO2)C(F)(F)c1cc2cc(Cl)ccc2o1. The molecule has 2 bridgehead atoms. The smallest absolute Gasteiger partial charge is 0.380 e. The Morgan fingerprint density at radius 1 is 1.14 bits per heavy atom. The summed E-state index contributed by atoms with van der Waals surface area (Å²) in [6.07, 6.45) is 0.865. The lowest BCUT2D eigenvalue weighted by Gasteiger charge is -2.32. The molecule has 4 aliphatic rings. The largest absolute Gasteiger partial charge is 0.486 e. The second-order valence-corrected chi connectivity index (χ2v) is 10.2. The van der Waals surface area contributed by atoms with Crippen molar-refractivity contribution in [1.82, 2.24) is 10.2 Å². The fourth-order valence-corrected chi connectivity index (χ4v) is 5.53. The molecule has 190 valence electrons. The Labute approximate surface area is 210 Å². The number of rotatable bonds is 7. The summed E-state index contributed by atoms with van der Waals surface area (Å²) < 4.78 is 47.0. The first-order chi connectivity index (χ1) is 17.3. The quantitative estimate of drug-likeness (QED) is 0.486. The number of carbonyl (C=O) groups excluding carboxylic acids is 1. The number of carbonyl (C=O) groups is 1. The van der Waals surface area contributed by atoms with E-state index in [9.17, 15) is 9.90 Å². The fraction of sp³-hybridized carbons (Fsp3) is 0.423. The lowest BCUT2D eigenvalue weighted by Crippen LogP contribution is -2.51. The van der Waals surface area contributed by atoms with Crippen molar-refractivity contribution in [3.63, 3.8) is 0 Å². The zero-order valence-corrected chi connectivity index (χ0v) is 20.0. The van der Waals surface area contributed by atoms with Gasteiger partial charge in [-0.1, -0.05) is 17.7 Å². The van der Waals surface area contributed by atoms with Gasteiger partial charge in [0.05, 0.1) is 6.04 Å². The van der Waals surface area contributed by atoms with Gasteiger partial charge in [0.25, 0.3) is 5.91 Å². The van der Waals surface area contributed by atoms with Gasteiger partial charge in [-0.25, -0.2) is 0 Å². The third-order valence-electron chi connectivity index (χ3n) is 7.33. The molecule has 1 aliphatic carbocycles. The number of furan rings is 1. The molecule has 7 nitrogen and oxygen atoms in total. The number of amides is 1. The van der Waals surface area contributed by atoms with Crippen LogP contribution in [0.15, 0.2) is 46.9 Å². The highest BCUT2D eigenvalue weighted by molar-refractivity contribution is 6.31. The van der Waals surface area contributed by atoms with E-state index in [2.05, 4.69) is 10.2 Å². The summed E-state index contributed by atoms with van der Waals surface area (Å²) in [5.74, 6) is -4.67. The Balaban J connectivity index is 1.26. The van der Waals surface area contributed by atoms with Gasteiger partial charge in [-0.05, 0) is 60.7 Å². The number of hydrogen-bond donors (Lipinski definition) is 2. The van der Waals surface area contributed by atoms with Crippen LogP contribution in [0.4, 0.5) is 8.78 Å². The highest BCUT2D eigenvalue weighted by Crippen LogP contribution is 2.41. The molecule has 1 saturated carbocycles. The van der Waals surface area contributed by atoms with Crippen LogP contribution in [0.3, 0.4) is 0 Å². The number of nitrogens with one attached hydrogen (secondary N) is 1. The van der Waals surface area contributed by atoms with Gasteiger partial charge in [0.2, 0.25) is 0 Å². The second-order valence-electron chi connectivity index (χ2n) is 9.74. The predicted molar refractivity (Wildman–Crippen MR) is 128 cm³/mol. The summed E-state index contributed by atoms with van der Waals surface area (Å²) in [6, 6.07) is 9.93. The van der Waals surface area contributed by atoms with Gasteiger partial charge < -0.3 is 24.3 Å². The number of ether oxygens (including phenoxy) is 2. The minimum atomic E-state index is -3.95. The molecule has 3 aliphatic heterocycles. The van der Waals surface area contributed by atoms with E-state index >= 15 is 8.78 Å². The average molecular weight is 519 g/mol. The monoisotopic (exact) mass is 518 g/mol. The van der Waals surface area contributed by atoms with E-state index in [0.29, 0.717) is 52.6 Å². The molecule has 7 rings (SSSR count). The first-order valence-corrected chi connectivity index (χ1v) is 12.4. The van der Waals surface area contributed by atoms with Crippen molar-refractivity contribution in [2.75, 3.05) is 26.3 Å². The van der Waals surface area contributed by atoms with Crippen LogP contribution in [-0.2, 0) is 10.7 Å². The molecule has 2 saturated heterocycles. The van der Waals surface area contributed by atoms with Crippen molar-refractivity contribution in [3.05, 3.63) is 58.8 Å². The maximum absolute atomic E-state index is 15.3. The van der Waals surface area contributed by atoms with Crippen molar-refractivity contribution in [2.45, 2.75) is 37.0 Å². The number of halogens is 3. The summed E-state index contributed by atoms with van der Waals surface area (Å²) >= 11 is 5.95. The van der Waals surface area contributed by atoms with Crippen LogP contribution in [0.1, 0.15) is 30.3 Å². The van der Waals surface area contributed by atoms with Crippen molar-refractivity contribution >= 4 is 28.5 Å². The van der Waals surface area contributed by atoms with E-state index in [0.717, 1.165) is 25.5 Å². The highest BCUT2D eigenvalue weighted by Gasteiger charge is 2.48. The first-order valence-electron chi connectivity index (χ1n) is 12.0. The lowest BCUT2D eigenvalue weighted by molar-refractivity contribution is -0.151. The zero-order valence-electron chi connectivity index (χ0n) is 19.3. The summed E-state index contributed by atoms with van der Waals surface area (Å²) in [5.41, 5.74) is 0.643. The number of alkyl halides is 2. The summed E-state index contributed by atoms with van der Waals surface area (Å²) in [7, 11) is 0. The van der Waals surface area contributed by atoms with Crippen molar-refractivity contribution in [3.8, 4) is 11.5 Å². The Morgan fingerprint density at radius 2 is 1.92 bits per heavy atom. The molecule has 2 atom stereocenters. The number of aliphatic hydroxyl groups is 1. The van der Waals surface area contributed by atoms with E-state index in [-0.39, 0.29) is 12.1 Å². The molecule has 3 aromatic rings. The predicted octanol–water partition coefficient (Wildman–Crippen LogP) is 4.26. The van der Waals surface area contributed by atoms with Crippen LogP contribution in [0.2, 0.25) is 5.02 Å². The number of benzene rings is 2. The van der Waals surface area contributed by atoms with Crippen LogP contribution >= 0.6 is 11.6 Å². The van der Waals surface area contributed by atoms with Gasteiger partial charge >= 0.3 is 5.92 Å². The van der Waals surface area contributed by atoms with Crippen LogP contribution in [-0.4, -0.2) is 54.3 Å². The Morgan fingerprint density at radius 3 is 2.67 bits per heavy atom. The van der Waals surface area contributed by atoms with Crippen LogP contribution < -0.4 is 14.8 Å². The standard InChI is InChI=1S/C26H25ClF2N2O5/c27-17-2-4-20-16(9-17)11-23(36-20)26(28,29)25(33)30-19(13-31-12-14-7-18(31)8-14)24(32)15-1-3-21-22(10-15)35-6-5-34-21/h1-4,9-11,14,18-19,24,32H,5-8,12-13H2,(H,30,33)/t14?,18?,19-,24-/m1/s1. The topological polar surface area (TPSA) is 84.2 Å². The molecule has 4 heterocycles. The van der Waals surface area contributed by atoms with E-state index in [1.165, 1.54) is 18.2 Å². The molecule has 1 aromatic heterocycles. The third-order valence-corrected chi connectivity index (χ3v) is 7.56.